The Bertz CT molecular complexity index is 7890. The number of aromatic hydroxyl groups is 2. The summed E-state index contributed by atoms with van der Waals surface area (Å²) in [7, 11) is 0. The molecule has 29 heteroatoms. The molecule has 20 rings (SSSR count). The van der Waals surface area contributed by atoms with Crippen molar-refractivity contribution in [3.8, 4) is 94.3 Å². The number of benzene rings is 5. The van der Waals surface area contributed by atoms with Crippen LogP contribution in [0.4, 0.5) is 4.39 Å². The minimum Gasteiger partial charge on any atom is -0.507 e. The number of carbonyl (C=O) groups is 8. The third-order valence-electron chi connectivity index (χ3n) is 28.3. The van der Waals surface area contributed by atoms with Gasteiger partial charge in [0.1, 0.15) is 57.5 Å². The smallest absolute Gasteiger partial charge is 0.173 e. The summed E-state index contributed by atoms with van der Waals surface area (Å²) in [4.78, 5) is 141. The Morgan fingerprint density at radius 1 is 0.404 bits per heavy atom. The van der Waals surface area contributed by atoms with Gasteiger partial charge >= 0.3 is 0 Å². The summed E-state index contributed by atoms with van der Waals surface area (Å²) in [5.74, 6) is 9.04. The summed E-state index contributed by atoms with van der Waals surface area (Å²) in [5, 5.41) is 39.5. The van der Waals surface area contributed by atoms with Gasteiger partial charge < -0.3 is 28.5 Å². The van der Waals surface area contributed by atoms with Crippen molar-refractivity contribution in [3.63, 3.8) is 0 Å². The molecule has 16 aromatic rings. The zero-order valence-corrected chi connectivity index (χ0v) is 86.0. The lowest BCUT2D eigenvalue weighted by molar-refractivity contribution is 0.0937. The summed E-state index contributed by atoms with van der Waals surface area (Å²) in [6.45, 7) is 11.4. The number of carbonyl (C=O) groups excluding carboxylic acids is 8. The van der Waals surface area contributed by atoms with Gasteiger partial charge in [0.15, 0.2) is 63.7 Å². The Morgan fingerprint density at radius 3 is 1.13 bits per heavy atom. The van der Waals surface area contributed by atoms with E-state index in [1.807, 2.05) is 151 Å². The van der Waals surface area contributed by atoms with Crippen LogP contribution in [-0.2, 0) is 0 Å². The van der Waals surface area contributed by atoms with Crippen molar-refractivity contribution < 1.29 is 53.0 Å². The molecule has 0 radical (unpaired) electrons. The Kier molecular flexibility index (Phi) is 32.6. The number of fused-ring (bicyclic) bond motifs is 4. The minimum atomic E-state index is -0.530. The van der Waals surface area contributed by atoms with E-state index >= 15 is 0 Å². The fourth-order valence-corrected chi connectivity index (χ4v) is 24.5. The molecular weight excluding hydrogens is 1930 g/mol. The largest absolute Gasteiger partial charge is 0.507 e. The molecule has 4 aliphatic carbocycles. The van der Waals surface area contributed by atoms with Crippen molar-refractivity contribution in [2.75, 3.05) is 0 Å². The lowest BCUT2D eigenvalue weighted by Gasteiger charge is -2.31. The number of nitriles is 2. The first kappa shape index (κ1) is 103. The average molecular weight is 2040 g/mol. The quantitative estimate of drug-likeness (QED) is 0.0261. The lowest BCUT2D eigenvalue weighted by atomic mass is 9.82. The van der Waals surface area contributed by atoms with Crippen LogP contribution < -0.4 is 0 Å². The van der Waals surface area contributed by atoms with Gasteiger partial charge in [-0.15, -0.1) is 58.2 Å². The molecule has 8 atom stereocenters. The van der Waals surface area contributed by atoms with Crippen LogP contribution in [0.1, 0.15) is 317 Å². The number of nitrogens with zero attached hydrogens (tertiary/aromatic N) is 13. The minimum absolute atomic E-state index is 0.0282. The van der Waals surface area contributed by atoms with Crippen molar-refractivity contribution in [1.29, 1.82) is 10.5 Å². The van der Waals surface area contributed by atoms with Gasteiger partial charge in [0, 0.05) is 120 Å². The molecule has 0 aliphatic heterocycles. The van der Waals surface area contributed by atoms with Gasteiger partial charge in [-0.25, -0.2) is 34.3 Å². The highest BCUT2D eigenvalue weighted by molar-refractivity contribution is 7.15. The van der Waals surface area contributed by atoms with Crippen LogP contribution >= 0.6 is 56.9 Å². The zero-order chi connectivity index (χ0) is 103. The van der Waals surface area contributed by atoms with Crippen molar-refractivity contribution in [2.45, 2.75) is 220 Å². The predicted molar refractivity (Wildman–Crippen MR) is 573 cm³/mol. The molecule has 740 valence electrons. The Labute approximate surface area is 867 Å². The highest BCUT2D eigenvalue weighted by atomic mass is 35.5. The molecule has 0 amide bonds. The maximum Gasteiger partial charge on any atom is 0.173 e. The van der Waals surface area contributed by atoms with E-state index in [-0.39, 0.29) is 105 Å². The zero-order valence-electron chi connectivity index (χ0n) is 82.0. The van der Waals surface area contributed by atoms with Gasteiger partial charge in [-0.05, 0) is 284 Å². The van der Waals surface area contributed by atoms with Crippen LogP contribution in [0.5, 0.6) is 11.5 Å². The highest BCUT2D eigenvalue weighted by Gasteiger charge is 2.37. The first-order chi connectivity index (χ1) is 70.7. The molecule has 0 saturated heterocycles. The van der Waals surface area contributed by atoms with E-state index < -0.39 is 5.82 Å². The van der Waals surface area contributed by atoms with Gasteiger partial charge in [0.2, 0.25) is 0 Å². The normalized spacial score (nSPS) is 17.6. The summed E-state index contributed by atoms with van der Waals surface area (Å²) < 4.78 is 22.5. The average Bonchev–Trinajstić information content (AvgIpc) is 1.62. The molecule has 11 aromatic heterocycles. The molecule has 2 N–H and O–H groups in total. The second-order valence-corrected chi connectivity index (χ2v) is 43.2. The Morgan fingerprint density at radius 2 is 0.774 bits per heavy atom. The number of aromatic nitrogens is 11. The van der Waals surface area contributed by atoms with Crippen LogP contribution in [-0.4, -0.2) is 110 Å². The van der Waals surface area contributed by atoms with Gasteiger partial charge in [-0.1, -0.05) is 76.8 Å². The Balaban J connectivity index is 0.000000133. The number of hydrogen-bond acceptors (Lipinski definition) is 23. The number of thiophene rings is 4. The third kappa shape index (κ3) is 23.1. The van der Waals surface area contributed by atoms with Crippen molar-refractivity contribution in [2.24, 2.45) is 23.7 Å². The van der Waals surface area contributed by atoms with E-state index in [0.717, 1.165) is 177 Å². The standard InChI is InChI=1S/C30H25ClN4O2S.C30H27FN2O3S.C29H28N4O2S.C28H29N3O3S/c1-3-22-10-13-28(38-22)27(37)15-18-6-5-7-21(14-18)35-25-12-9-19(26(36)4-2)16-24(25)34-30(35)23-11-8-20(17-32)29(31)33-23;1-3-22-10-13-29(37-22)28(36)15-18-6-5-7-21(14-18)33-25-12-8-19(26(34)4-2)16-24(25)32-30(33)23-11-9-20(31)17-27(23)35;1-3-25(34)20-10-11-24-23(16-20)32-29(28-21(17-30)7-5-13-31-28)33(24)22-8-4-6-19(14-22)15-26(35)27-12-9-18(2)36-27;1-3-25(33)19-8-11-24-23(15-19)30-28(22-10-9-21(32)16-29-22)31(24)20-6-4-5-18(13-20)14-26(34)27-12-7-17(2)35-27/h1,8-13,16,18,21H,4-7,14-15H2,2H3;1,8-13,16-18,21,35H,4-7,14-15H2,2H3;5,7,9-13,16,19,22H,3-4,6,8,14-15H2,1-2H3;7-12,15-16,18,20,32H,3-6,13-14H2,1-2H3/t2*18-,21+;19-,22+;18-,20+/m1111/s1. The number of terminal acetylenes is 2. The number of imidazole rings is 4. The number of rotatable bonds is 28. The number of phenols is 1. The highest BCUT2D eigenvalue weighted by Crippen LogP contribution is 2.48. The fourth-order valence-electron chi connectivity index (χ4n) is 21.1. The van der Waals surface area contributed by atoms with Crippen LogP contribution in [0.2, 0.25) is 5.15 Å². The molecule has 0 bridgehead atoms. The summed E-state index contributed by atoms with van der Waals surface area (Å²) >= 11 is 12.1. The molecule has 4 aliphatic rings. The molecule has 4 saturated carbocycles. The molecule has 11 heterocycles. The SMILES string of the molecule is C#Cc1ccc(C(=O)C[C@@H]2CCC[C@H](n3c(-c4ccc(C#N)c(Cl)n4)nc4cc(C(=O)CC)ccc43)C2)s1.C#Cc1ccc(C(=O)C[C@@H]2CCC[C@H](n3c(-c4ccc(F)cc4O)nc4cc(C(=O)CC)ccc43)C2)s1.CCC(=O)c1ccc2c(c1)nc(-c1ccc(O)cn1)n2[C@H]1CCC[C@@H](CC(=O)c2ccc(C)s2)C1.CCC(=O)c1ccc2c(c1)nc(-c1ncccc1C#N)n2[C@H]1CCC[C@@H](CC(=O)c2ccc(C)s2)C1. The number of halogens is 2. The van der Waals surface area contributed by atoms with E-state index in [4.69, 9.17) is 44.4 Å². The van der Waals surface area contributed by atoms with Crippen LogP contribution in [0.15, 0.2) is 188 Å². The number of Topliss-reactive ketones (excluding diaryl/α,β-unsaturated/α-hetero) is 8. The van der Waals surface area contributed by atoms with Crippen LogP contribution in [0.25, 0.3) is 90.1 Å². The van der Waals surface area contributed by atoms with Crippen molar-refractivity contribution in [3.05, 3.63) is 272 Å². The van der Waals surface area contributed by atoms with Crippen molar-refractivity contribution >= 4 is 147 Å². The fraction of sp³-hybridized carbons (Fsp3) is 0.325. The maximum atomic E-state index is 13.8. The van der Waals surface area contributed by atoms with Gasteiger partial charge in [0.25, 0.3) is 0 Å². The second kappa shape index (κ2) is 46.3. The van der Waals surface area contributed by atoms with Crippen LogP contribution in [0, 0.1) is 90.7 Å². The number of ketones is 8. The van der Waals surface area contributed by atoms with Gasteiger partial charge in [-0.3, -0.25) is 43.3 Å². The number of pyridine rings is 3. The van der Waals surface area contributed by atoms with E-state index in [1.54, 1.807) is 83.5 Å². The monoisotopic (exact) mass is 2040 g/mol. The summed E-state index contributed by atoms with van der Waals surface area (Å²) in [6.07, 6.45) is 32.9. The summed E-state index contributed by atoms with van der Waals surface area (Å²) in [5.41, 5.74) is 12.0. The molecular formula is C117H109ClFN13O10S4. The van der Waals surface area contributed by atoms with E-state index in [2.05, 4.69) is 51.1 Å². The molecule has 0 spiro atoms. The molecule has 0 unspecified atom stereocenters. The topological polar surface area (TPSA) is 335 Å². The summed E-state index contributed by atoms with van der Waals surface area (Å²) in [6, 6.07) is 56.6. The first-order valence-corrected chi connectivity index (χ1v) is 53.5. The molecule has 146 heavy (non-hydrogen) atoms. The van der Waals surface area contributed by atoms with E-state index in [1.165, 1.54) is 41.0 Å². The Hall–Kier alpha value is -14.5. The number of phenolic OH excluding ortho intramolecular Hbond substituents is 1. The molecule has 23 nitrogen and oxygen atoms in total. The van der Waals surface area contributed by atoms with Crippen molar-refractivity contribution in [1.82, 2.24) is 53.2 Å². The maximum absolute atomic E-state index is 13.8. The van der Waals surface area contributed by atoms with Crippen LogP contribution in [0.3, 0.4) is 0 Å². The number of aryl methyl sites for hydroxylation is 2. The van der Waals surface area contributed by atoms with Gasteiger partial charge in [-0.2, -0.15) is 10.5 Å². The number of hydrogen-bond donors (Lipinski definition) is 2. The lowest BCUT2D eigenvalue weighted by Crippen LogP contribution is -2.22. The first-order valence-electron chi connectivity index (χ1n) is 49.9. The van der Waals surface area contributed by atoms with E-state index in [9.17, 15) is 63.5 Å². The second-order valence-electron chi connectivity index (χ2n) is 38.1. The third-order valence-corrected chi connectivity index (χ3v) is 32.8. The molecule has 4 fully saturated rings. The predicted octanol–water partition coefficient (Wildman–Crippen LogP) is 28.2. The van der Waals surface area contributed by atoms with Gasteiger partial charge in [0.05, 0.1) is 96.3 Å². The molecule has 5 aromatic carbocycles. The van der Waals surface area contributed by atoms with E-state index in [0.29, 0.717) is 152 Å².